The number of hydrogen-bond acceptors (Lipinski definition) is 5. The Labute approximate surface area is 107 Å². The molecule has 0 aliphatic carbocycles. The van der Waals surface area contributed by atoms with E-state index in [1.807, 2.05) is 4.90 Å². The first-order chi connectivity index (χ1) is 8.38. The Morgan fingerprint density at radius 3 is 2.17 bits per heavy atom. The number of nitrogens with zero attached hydrogens (tertiary/aromatic N) is 4. The zero-order valence-corrected chi connectivity index (χ0v) is 11.1. The number of alkyl halides is 3. The van der Waals surface area contributed by atoms with E-state index in [1.54, 1.807) is 0 Å². The Balaban J connectivity index is 2.00. The maximum Gasteiger partial charge on any atom is 0.445 e. The summed E-state index contributed by atoms with van der Waals surface area (Å²) in [6, 6.07) is 0.465. The Morgan fingerprint density at radius 1 is 1.11 bits per heavy atom. The molecule has 1 aliphatic heterocycles. The van der Waals surface area contributed by atoms with Gasteiger partial charge in [0, 0.05) is 32.2 Å². The molecule has 0 spiro atoms. The number of halogens is 3. The number of aromatic nitrogens is 2. The third-order valence-electron chi connectivity index (χ3n) is 2.97. The van der Waals surface area contributed by atoms with Crippen molar-refractivity contribution in [1.29, 1.82) is 0 Å². The third kappa shape index (κ3) is 2.92. The van der Waals surface area contributed by atoms with Gasteiger partial charge in [0.05, 0.1) is 0 Å². The van der Waals surface area contributed by atoms with E-state index in [9.17, 15) is 13.2 Å². The van der Waals surface area contributed by atoms with E-state index in [-0.39, 0.29) is 0 Å². The molecule has 0 aromatic carbocycles. The van der Waals surface area contributed by atoms with E-state index in [1.165, 1.54) is 0 Å². The number of rotatable bonds is 2. The van der Waals surface area contributed by atoms with Gasteiger partial charge in [0.25, 0.3) is 0 Å². The Bertz CT molecular complexity index is 396. The molecule has 102 valence electrons. The molecule has 2 heterocycles. The van der Waals surface area contributed by atoms with Gasteiger partial charge in [0.15, 0.2) is 0 Å². The molecule has 1 fully saturated rings. The minimum atomic E-state index is -4.39. The van der Waals surface area contributed by atoms with Gasteiger partial charge in [0.2, 0.25) is 10.1 Å². The molecule has 0 atom stereocenters. The van der Waals surface area contributed by atoms with Crippen LogP contribution in [0.15, 0.2) is 0 Å². The molecular formula is C10H15F3N4S. The quantitative estimate of drug-likeness (QED) is 0.830. The Hall–Kier alpha value is -0.890. The van der Waals surface area contributed by atoms with Crippen LogP contribution in [0.2, 0.25) is 0 Å². The lowest BCUT2D eigenvalue weighted by Gasteiger charge is -2.36. The van der Waals surface area contributed by atoms with Crippen LogP contribution in [0.5, 0.6) is 0 Å². The van der Waals surface area contributed by atoms with Crippen LogP contribution in [0.3, 0.4) is 0 Å². The van der Waals surface area contributed by atoms with Crippen molar-refractivity contribution in [2.45, 2.75) is 26.1 Å². The number of hydrogen-bond donors (Lipinski definition) is 0. The summed E-state index contributed by atoms with van der Waals surface area (Å²) in [6.07, 6.45) is -4.39. The minimum absolute atomic E-state index is 0.366. The molecule has 0 bridgehead atoms. The first-order valence-electron chi connectivity index (χ1n) is 5.77. The zero-order valence-electron chi connectivity index (χ0n) is 10.2. The zero-order chi connectivity index (χ0) is 13.3. The molecule has 0 unspecified atom stereocenters. The molecule has 4 nitrogen and oxygen atoms in total. The highest BCUT2D eigenvalue weighted by Gasteiger charge is 2.36. The van der Waals surface area contributed by atoms with E-state index in [2.05, 4.69) is 28.9 Å². The summed E-state index contributed by atoms with van der Waals surface area (Å²) in [5, 5.41) is 6.33. The molecule has 18 heavy (non-hydrogen) atoms. The van der Waals surface area contributed by atoms with Crippen LogP contribution in [0.4, 0.5) is 18.3 Å². The summed E-state index contributed by atoms with van der Waals surface area (Å²) in [7, 11) is 0. The first-order valence-corrected chi connectivity index (χ1v) is 6.59. The van der Waals surface area contributed by atoms with Crippen LogP contribution >= 0.6 is 11.3 Å². The lowest BCUT2D eigenvalue weighted by Crippen LogP contribution is -2.48. The van der Waals surface area contributed by atoms with Crippen LogP contribution in [0.25, 0.3) is 0 Å². The minimum Gasteiger partial charge on any atom is -0.344 e. The van der Waals surface area contributed by atoms with Gasteiger partial charge in [-0.25, -0.2) is 0 Å². The van der Waals surface area contributed by atoms with Crippen molar-refractivity contribution in [2.75, 3.05) is 31.1 Å². The van der Waals surface area contributed by atoms with Crippen molar-refractivity contribution in [3.8, 4) is 0 Å². The summed E-state index contributed by atoms with van der Waals surface area (Å²) in [5.74, 6) is 0. The van der Waals surface area contributed by atoms with Crippen LogP contribution in [0, 0.1) is 0 Å². The largest absolute Gasteiger partial charge is 0.445 e. The van der Waals surface area contributed by atoms with Crippen molar-refractivity contribution in [3.63, 3.8) is 0 Å². The van der Waals surface area contributed by atoms with E-state index in [0.717, 1.165) is 13.1 Å². The fraction of sp³-hybridized carbons (Fsp3) is 0.800. The van der Waals surface area contributed by atoms with Crippen molar-refractivity contribution in [2.24, 2.45) is 0 Å². The van der Waals surface area contributed by atoms with Crippen LogP contribution in [-0.4, -0.2) is 47.3 Å². The molecule has 0 amide bonds. The molecule has 1 saturated heterocycles. The van der Waals surface area contributed by atoms with E-state index in [4.69, 9.17) is 0 Å². The molecule has 0 N–H and O–H groups in total. The summed E-state index contributed by atoms with van der Waals surface area (Å²) < 4.78 is 37.3. The second kappa shape index (κ2) is 5.00. The van der Waals surface area contributed by atoms with Gasteiger partial charge in [-0.15, -0.1) is 10.2 Å². The molecule has 1 aliphatic rings. The standard InChI is InChI=1S/C10H15F3N4S/c1-7(2)16-3-5-17(6-4-16)9-15-14-8(18-9)10(11,12)13/h7H,3-6H2,1-2H3. The maximum atomic E-state index is 12.4. The molecule has 8 heteroatoms. The highest BCUT2D eigenvalue weighted by molar-refractivity contribution is 7.15. The van der Waals surface area contributed by atoms with Crippen LogP contribution < -0.4 is 4.90 Å². The second-order valence-corrected chi connectivity index (χ2v) is 5.46. The van der Waals surface area contributed by atoms with Gasteiger partial charge in [0.1, 0.15) is 0 Å². The highest BCUT2D eigenvalue weighted by Crippen LogP contribution is 2.34. The summed E-state index contributed by atoms with van der Waals surface area (Å²) >= 11 is 0.616. The van der Waals surface area contributed by atoms with Crippen molar-refractivity contribution >= 4 is 16.5 Å². The smallest absolute Gasteiger partial charge is 0.344 e. The van der Waals surface area contributed by atoms with Crippen molar-refractivity contribution in [3.05, 3.63) is 5.01 Å². The molecular weight excluding hydrogens is 265 g/mol. The first kappa shape index (κ1) is 13.5. The van der Waals surface area contributed by atoms with Crippen LogP contribution in [0.1, 0.15) is 18.9 Å². The van der Waals surface area contributed by atoms with E-state index < -0.39 is 11.2 Å². The average Bonchev–Trinajstić information content (AvgIpc) is 2.78. The monoisotopic (exact) mass is 280 g/mol. The van der Waals surface area contributed by atoms with Gasteiger partial charge in [-0.1, -0.05) is 11.3 Å². The topological polar surface area (TPSA) is 32.3 Å². The molecule has 1 aromatic rings. The normalized spacial score (nSPS) is 18.7. The lowest BCUT2D eigenvalue weighted by molar-refractivity contribution is -0.138. The van der Waals surface area contributed by atoms with Crippen molar-refractivity contribution < 1.29 is 13.2 Å². The fourth-order valence-corrected chi connectivity index (χ4v) is 2.65. The molecule has 1 aromatic heterocycles. The van der Waals surface area contributed by atoms with Crippen LogP contribution in [-0.2, 0) is 6.18 Å². The maximum absolute atomic E-state index is 12.4. The number of piperazine rings is 1. The predicted molar refractivity (Wildman–Crippen MR) is 63.8 cm³/mol. The van der Waals surface area contributed by atoms with Gasteiger partial charge in [-0.05, 0) is 13.8 Å². The van der Waals surface area contributed by atoms with Gasteiger partial charge >= 0.3 is 6.18 Å². The molecule has 2 rings (SSSR count). The summed E-state index contributed by atoms with van der Waals surface area (Å²) in [4.78, 5) is 4.16. The lowest BCUT2D eigenvalue weighted by atomic mass is 10.2. The Kier molecular flexibility index (Phi) is 3.76. The van der Waals surface area contributed by atoms with Crippen molar-refractivity contribution in [1.82, 2.24) is 15.1 Å². The Morgan fingerprint density at radius 2 is 1.72 bits per heavy atom. The predicted octanol–water partition coefficient (Wildman–Crippen LogP) is 2.09. The van der Waals surface area contributed by atoms with E-state index in [0.29, 0.717) is 35.6 Å². The average molecular weight is 280 g/mol. The summed E-state index contributed by atoms with van der Waals surface area (Å²) in [5.41, 5.74) is 0. The third-order valence-corrected chi connectivity index (χ3v) is 4.00. The van der Waals surface area contributed by atoms with Gasteiger partial charge in [-0.3, -0.25) is 4.90 Å². The highest BCUT2D eigenvalue weighted by atomic mass is 32.1. The van der Waals surface area contributed by atoms with Gasteiger partial charge < -0.3 is 4.90 Å². The molecule has 0 saturated carbocycles. The van der Waals surface area contributed by atoms with E-state index >= 15 is 0 Å². The summed E-state index contributed by atoms with van der Waals surface area (Å²) in [6.45, 7) is 7.32. The molecule has 0 radical (unpaired) electrons. The second-order valence-electron chi connectivity index (χ2n) is 4.50. The van der Waals surface area contributed by atoms with Gasteiger partial charge in [-0.2, -0.15) is 13.2 Å². The SMILES string of the molecule is CC(C)N1CCN(c2nnc(C(F)(F)F)s2)CC1. The number of anilines is 1. The fourth-order valence-electron chi connectivity index (χ4n) is 1.89.